The van der Waals surface area contributed by atoms with Gasteiger partial charge in [-0.1, -0.05) is 12.1 Å². The Hall–Kier alpha value is -3.61. The highest BCUT2D eigenvalue weighted by Gasteiger charge is 2.29. The Labute approximate surface area is 184 Å². The van der Waals surface area contributed by atoms with Crippen molar-refractivity contribution in [1.82, 2.24) is 5.32 Å². The number of carbonyl (C=O) groups is 2. The minimum Gasteiger partial charge on any atom is -0.484 e. The second-order valence-corrected chi connectivity index (χ2v) is 8.39. The maximum Gasteiger partial charge on any atom is 0.339 e. The molecular weight excluding hydrogens is 408 g/mol. The van der Waals surface area contributed by atoms with Crippen molar-refractivity contribution in [2.24, 2.45) is 5.92 Å². The van der Waals surface area contributed by atoms with Crippen molar-refractivity contribution in [2.75, 3.05) is 11.9 Å². The number of aryl methyl sites for hydroxylation is 1. The van der Waals surface area contributed by atoms with Gasteiger partial charge in [0, 0.05) is 35.2 Å². The molecule has 1 aromatic heterocycles. The molecule has 32 heavy (non-hydrogen) atoms. The molecule has 2 aromatic carbocycles. The third-order valence-electron chi connectivity index (χ3n) is 5.95. The molecule has 3 aromatic rings. The van der Waals surface area contributed by atoms with Gasteiger partial charge in [-0.3, -0.25) is 9.59 Å². The van der Waals surface area contributed by atoms with E-state index >= 15 is 0 Å². The summed E-state index contributed by atoms with van der Waals surface area (Å²) in [6, 6.07) is 12.8. The van der Waals surface area contributed by atoms with Crippen LogP contribution >= 0.6 is 0 Å². The molecule has 1 saturated carbocycles. The molecule has 0 bridgehead atoms. The Morgan fingerprint density at radius 1 is 1.06 bits per heavy atom. The Kier molecular flexibility index (Phi) is 5.39. The lowest BCUT2D eigenvalue weighted by molar-refractivity contribution is -0.123. The average Bonchev–Trinajstić information content (AvgIpc) is 3.53. The molecule has 0 radical (unpaired) electrons. The second-order valence-electron chi connectivity index (χ2n) is 8.39. The summed E-state index contributed by atoms with van der Waals surface area (Å²) >= 11 is 0. The van der Waals surface area contributed by atoms with Gasteiger partial charge in [-0.25, -0.2) is 4.79 Å². The van der Waals surface area contributed by atoms with E-state index in [1.807, 2.05) is 30.3 Å². The molecule has 0 spiro atoms. The zero-order valence-corrected chi connectivity index (χ0v) is 17.6. The number of hydrogen-bond donors (Lipinski definition) is 2. The standard InChI is InChI=1S/C25H24N2O5/c28-23(26-13-15-3-1-4-17(11-15)27-24(29)16-7-8-16)14-31-18-9-10-20-19-5-2-6-21(19)25(30)32-22(20)12-18/h1,3-4,9-12,16H,2,5-8,13-14H2,(H,26,28)(H,27,29). The second kappa shape index (κ2) is 8.49. The molecule has 0 atom stereocenters. The van der Waals surface area contributed by atoms with E-state index in [-0.39, 0.29) is 30.0 Å². The van der Waals surface area contributed by atoms with Gasteiger partial charge in [0.15, 0.2) is 6.61 Å². The van der Waals surface area contributed by atoms with Gasteiger partial charge in [-0.2, -0.15) is 0 Å². The molecular formula is C25H24N2O5. The summed E-state index contributed by atoms with van der Waals surface area (Å²) in [6.07, 6.45) is 4.51. The summed E-state index contributed by atoms with van der Waals surface area (Å²) in [5, 5.41) is 6.65. The summed E-state index contributed by atoms with van der Waals surface area (Å²) in [6.45, 7) is 0.173. The van der Waals surface area contributed by atoms with E-state index in [2.05, 4.69) is 10.6 Å². The van der Waals surface area contributed by atoms with Crippen LogP contribution in [0.15, 0.2) is 51.7 Å². The molecule has 164 valence electrons. The Morgan fingerprint density at radius 2 is 1.91 bits per heavy atom. The van der Waals surface area contributed by atoms with Crippen LogP contribution in [0.3, 0.4) is 0 Å². The maximum absolute atomic E-state index is 12.2. The Morgan fingerprint density at radius 3 is 2.75 bits per heavy atom. The minimum absolute atomic E-state index is 0.0516. The molecule has 2 aliphatic rings. The molecule has 1 heterocycles. The summed E-state index contributed by atoms with van der Waals surface area (Å²) in [7, 11) is 0. The maximum atomic E-state index is 12.2. The first-order valence-corrected chi connectivity index (χ1v) is 10.9. The van der Waals surface area contributed by atoms with E-state index in [0.29, 0.717) is 17.9 Å². The molecule has 0 unspecified atom stereocenters. The minimum atomic E-state index is -0.282. The third kappa shape index (κ3) is 4.37. The number of benzene rings is 2. The first-order valence-electron chi connectivity index (χ1n) is 10.9. The SMILES string of the molecule is O=C(COc1ccc2c3c(c(=O)oc2c1)CCC3)NCc1cccc(NC(=O)C2CC2)c1. The Balaban J connectivity index is 1.17. The molecule has 1 fully saturated rings. The normalized spacial score (nSPS) is 14.8. The van der Waals surface area contributed by atoms with Gasteiger partial charge in [0.1, 0.15) is 11.3 Å². The quantitative estimate of drug-likeness (QED) is 0.558. The van der Waals surface area contributed by atoms with Gasteiger partial charge in [-0.15, -0.1) is 0 Å². The number of rotatable bonds is 7. The number of ether oxygens (including phenoxy) is 1. The summed E-state index contributed by atoms with van der Waals surface area (Å²) in [5.41, 5.74) is 3.66. The van der Waals surface area contributed by atoms with Crippen LogP contribution in [0.25, 0.3) is 11.0 Å². The number of carbonyl (C=O) groups excluding carboxylic acids is 2. The molecule has 7 heteroatoms. The van der Waals surface area contributed by atoms with E-state index in [1.54, 1.807) is 12.1 Å². The van der Waals surface area contributed by atoms with Gasteiger partial charge in [0.2, 0.25) is 5.91 Å². The van der Waals surface area contributed by atoms with Crippen molar-refractivity contribution in [2.45, 2.75) is 38.6 Å². The van der Waals surface area contributed by atoms with Crippen molar-refractivity contribution in [3.05, 3.63) is 69.6 Å². The number of fused-ring (bicyclic) bond motifs is 3. The zero-order chi connectivity index (χ0) is 22.1. The van der Waals surface area contributed by atoms with Crippen LogP contribution in [0.4, 0.5) is 5.69 Å². The Bertz CT molecular complexity index is 1260. The summed E-state index contributed by atoms with van der Waals surface area (Å²) in [4.78, 5) is 36.3. The van der Waals surface area contributed by atoms with Crippen LogP contribution in [0.1, 0.15) is 36.0 Å². The summed E-state index contributed by atoms with van der Waals surface area (Å²) < 4.78 is 11.1. The molecule has 0 saturated heterocycles. The van der Waals surface area contributed by atoms with Crippen LogP contribution in [-0.2, 0) is 29.0 Å². The van der Waals surface area contributed by atoms with Crippen LogP contribution in [0, 0.1) is 5.92 Å². The predicted octanol–water partition coefficient (Wildman–Crippen LogP) is 3.33. The van der Waals surface area contributed by atoms with Crippen molar-refractivity contribution >= 4 is 28.5 Å². The van der Waals surface area contributed by atoms with Crippen LogP contribution in [0.2, 0.25) is 0 Å². The molecule has 7 nitrogen and oxygen atoms in total. The fourth-order valence-electron chi connectivity index (χ4n) is 4.10. The average molecular weight is 432 g/mol. The molecule has 2 amide bonds. The van der Waals surface area contributed by atoms with Gasteiger partial charge in [-0.05, 0) is 67.5 Å². The van der Waals surface area contributed by atoms with Crippen LogP contribution in [-0.4, -0.2) is 18.4 Å². The highest BCUT2D eigenvalue weighted by atomic mass is 16.5. The summed E-state index contributed by atoms with van der Waals surface area (Å²) in [5.74, 6) is 0.391. The van der Waals surface area contributed by atoms with Crippen LogP contribution in [0.5, 0.6) is 5.75 Å². The monoisotopic (exact) mass is 432 g/mol. The van der Waals surface area contributed by atoms with Crippen LogP contribution < -0.4 is 21.0 Å². The van der Waals surface area contributed by atoms with Crippen molar-refractivity contribution in [3.8, 4) is 5.75 Å². The molecule has 0 aliphatic heterocycles. The highest BCUT2D eigenvalue weighted by Crippen LogP contribution is 2.31. The van der Waals surface area contributed by atoms with Gasteiger partial charge in [0.25, 0.3) is 5.91 Å². The topological polar surface area (TPSA) is 97.6 Å². The van der Waals surface area contributed by atoms with E-state index < -0.39 is 0 Å². The predicted molar refractivity (Wildman–Crippen MR) is 120 cm³/mol. The number of nitrogens with one attached hydrogen (secondary N) is 2. The smallest absolute Gasteiger partial charge is 0.339 e. The van der Waals surface area contributed by atoms with E-state index in [9.17, 15) is 14.4 Å². The van der Waals surface area contributed by atoms with Crippen molar-refractivity contribution < 1.29 is 18.7 Å². The van der Waals surface area contributed by atoms with E-state index in [4.69, 9.17) is 9.15 Å². The van der Waals surface area contributed by atoms with Crippen molar-refractivity contribution in [3.63, 3.8) is 0 Å². The van der Waals surface area contributed by atoms with Gasteiger partial charge >= 0.3 is 5.63 Å². The fraction of sp³-hybridized carbons (Fsp3) is 0.320. The van der Waals surface area contributed by atoms with Crippen molar-refractivity contribution in [1.29, 1.82) is 0 Å². The largest absolute Gasteiger partial charge is 0.484 e. The number of amides is 2. The third-order valence-corrected chi connectivity index (χ3v) is 5.95. The van der Waals surface area contributed by atoms with E-state index in [0.717, 1.165) is 59.9 Å². The lowest BCUT2D eigenvalue weighted by atomic mass is 10.1. The fourth-order valence-corrected chi connectivity index (χ4v) is 4.10. The molecule has 2 aliphatic carbocycles. The highest BCUT2D eigenvalue weighted by molar-refractivity contribution is 5.94. The number of anilines is 1. The number of hydrogen-bond acceptors (Lipinski definition) is 5. The van der Waals surface area contributed by atoms with Gasteiger partial charge in [0.05, 0.1) is 0 Å². The molecule has 2 N–H and O–H groups in total. The molecule has 5 rings (SSSR count). The lowest BCUT2D eigenvalue weighted by Gasteiger charge is -2.10. The first kappa shape index (κ1) is 20.3. The first-order chi connectivity index (χ1) is 15.6. The van der Waals surface area contributed by atoms with E-state index in [1.165, 1.54) is 0 Å². The zero-order valence-electron chi connectivity index (χ0n) is 17.6. The van der Waals surface area contributed by atoms with Gasteiger partial charge < -0.3 is 19.8 Å². The lowest BCUT2D eigenvalue weighted by Crippen LogP contribution is -2.28.